The number of aromatic nitrogens is 1. The molecule has 1 aliphatic heterocycles. The topological polar surface area (TPSA) is 71.5 Å². The summed E-state index contributed by atoms with van der Waals surface area (Å²) >= 11 is 11.9. The third kappa shape index (κ3) is 4.58. The van der Waals surface area contributed by atoms with Crippen LogP contribution < -0.4 is 5.32 Å². The average Bonchev–Trinajstić information content (AvgIpc) is 2.79. The van der Waals surface area contributed by atoms with Gasteiger partial charge < -0.3 is 10.1 Å². The van der Waals surface area contributed by atoms with E-state index in [1.54, 1.807) is 25.1 Å². The number of pyridine rings is 1. The lowest BCUT2D eigenvalue weighted by Gasteiger charge is -2.29. The SMILES string of the molecule is CCN1CCc2nc3ccccc3c(C(=O)OC(C)C(=O)Nc3ccc(Cl)c(Cl)c3)c2C1. The normalized spacial score (nSPS) is 14.6. The number of para-hydroxylation sites is 1. The minimum absolute atomic E-state index is 0.324. The second-order valence-corrected chi connectivity index (χ2v) is 8.53. The van der Waals surface area contributed by atoms with E-state index in [1.165, 1.54) is 0 Å². The average molecular weight is 472 g/mol. The van der Waals surface area contributed by atoms with Crippen LogP contribution in [-0.2, 0) is 22.5 Å². The van der Waals surface area contributed by atoms with Gasteiger partial charge >= 0.3 is 5.97 Å². The summed E-state index contributed by atoms with van der Waals surface area (Å²) in [6.07, 6.45) is -0.243. The lowest BCUT2D eigenvalue weighted by Crippen LogP contribution is -2.34. The summed E-state index contributed by atoms with van der Waals surface area (Å²) in [5.74, 6) is -0.992. The van der Waals surface area contributed by atoms with E-state index in [0.29, 0.717) is 27.8 Å². The molecule has 1 N–H and O–H groups in total. The number of hydrogen-bond donors (Lipinski definition) is 1. The molecule has 1 amide bonds. The summed E-state index contributed by atoms with van der Waals surface area (Å²) in [6.45, 7) is 6.03. The molecule has 0 aliphatic carbocycles. The fraction of sp³-hybridized carbons (Fsp3) is 0.292. The molecule has 2 aromatic carbocycles. The third-order valence-corrected chi connectivity index (χ3v) is 6.36. The number of hydrogen-bond acceptors (Lipinski definition) is 5. The molecule has 166 valence electrons. The van der Waals surface area contributed by atoms with Crippen LogP contribution in [0.15, 0.2) is 42.5 Å². The van der Waals surface area contributed by atoms with E-state index in [0.717, 1.165) is 41.7 Å². The van der Waals surface area contributed by atoms with Gasteiger partial charge in [-0.3, -0.25) is 14.7 Å². The Bertz CT molecular complexity index is 1200. The van der Waals surface area contributed by atoms with Crippen molar-refractivity contribution < 1.29 is 14.3 Å². The number of nitrogens with one attached hydrogen (secondary N) is 1. The number of likely N-dealkylation sites (N-methyl/N-ethyl adjacent to an activating group) is 1. The zero-order chi connectivity index (χ0) is 22.8. The summed E-state index contributed by atoms with van der Waals surface area (Å²) in [5.41, 5.74) is 3.48. The number of fused-ring (bicyclic) bond motifs is 2. The van der Waals surface area contributed by atoms with E-state index in [-0.39, 0.29) is 0 Å². The lowest BCUT2D eigenvalue weighted by molar-refractivity contribution is -0.123. The highest BCUT2D eigenvalue weighted by Gasteiger charge is 2.28. The van der Waals surface area contributed by atoms with Crippen molar-refractivity contribution in [2.75, 3.05) is 18.4 Å². The quantitative estimate of drug-likeness (QED) is 0.523. The first kappa shape index (κ1) is 22.5. The molecule has 0 saturated heterocycles. The zero-order valence-electron chi connectivity index (χ0n) is 17.8. The fourth-order valence-corrected chi connectivity index (χ4v) is 4.14. The molecule has 1 atom stereocenters. The monoisotopic (exact) mass is 471 g/mol. The largest absolute Gasteiger partial charge is 0.449 e. The van der Waals surface area contributed by atoms with Crippen LogP contribution in [0.25, 0.3) is 10.9 Å². The summed E-state index contributed by atoms with van der Waals surface area (Å²) in [4.78, 5) is 33.0. The van der Waals surface area contributed by atoms with Crippen molar-refractivity contribution in [3.05, 3.63) is 69.3 Å². The molecule has 0 bridgehead atoms. The minimum Gasteiger partial charge on any atom is -0.449 e. The van der Waals surface area contributed by atoms with Crippen LogP contribution >= 0.6 is 23.2 Å². The molecule has 0 saturated carbocycles. The highest BCUT2D eigenvalue weighted by molar-refractivity contribution is 6.42. The fourth-order valence-electron chi connectivity index (χ4n) is 3.84. The van der Waals surface area contributed by atoms with Gasteiger partial charge in [0.05, 0.1) is 21.1 Å². The van der Waals surface area contributed by atoms with Gasteiger partial charge in [0.2, 0.25) is 0 Å². The van der Waals surface area contributed by atoms with Crippen LogP contribution in [-0.4, -0.2) is 41.0 Å². The Hall–Kier alpha value is -2.67. The van der Waals surface area contributed by atoms with Crippen LogP contribution in [0.3, 0.4) is 0 Å². The first-order chi connectivity index (χ1) is 15.4. The lowest BCUT2D eigenvalue weighted by atomic mass is 9.95. The van der Waals surface area contributed by atoms with Gasteiger partial charge in [-0.15, -0.1) is 0 Å². The summed E-state index contributed by atoms with van der Waals surface area (Å²) in [6, 6.07) is 12.3. The van der Waals surface area contributed by atoms with Crippen molar-refractivity contribution in [1.82, 2.24) is 9.88 Å². The van der Waals surface area contributed by atoms with E-state index in [2.05, 4.69) is 17.1 Å². The maximum absolute atomic E-state index is 13.3. The van der Waals surface area contributed by atoms with Crippen molar-refractivity contribution in [1.29, 1.82) is 0 Å². The Morgan fingerprint density at radius 3 is 2.72 bits per heavy atom. The molecule has 0 radical (unpaired) electrons. The zero-order valence-corrected chi connectivity index (χ0v) is 19.3. The third-order valence-electron chi connectivity index (χ3n) is 5.62. The van der Waals surface area contributed by atoms with E-state index < -0.39 is 18.0 Å². The van der Waals surface area contributed by atoms with E-state index in [1.807, 2.05) is 24.3 Å². The Morgan fingerprint density at radius 1 is 1.19 bits per heavy atom. The molecule has 0 spiro atoms. The Morgan fingerprint density at radius 2 is 1.97 bits per heavy atom. The predicted molar refractivity (Wildman–Crippen MR) is 126 cm³/mol. The van der Waals surface area contributed by atoms with Crippen molar-refractivity contribution in [3.63, 3.8) is 0 Å². The molecule has 1 aromatic heterocycles. The molecule has 8 heteroatoms. The smallest absolute Gasteiger partial charge is 0.339 e. The Labute approximate surface area is 196 Å². The first-order valence-corrected chi connectivity index (χ1v) is 11.2. The molecular weight excluding hydrogens is 449 g/mol. The number of nitrogens with zero attached hydrogens (tertiary/aromatic N) is 2. The first-order valence-electron chi connectivity index (χ1n) is 10.5. The number of carbonyl (C=O) groups excluding carboxylic acids is 2. The van der Waals surface area contributed by atoms with Crippen molar-refractivity contribution in [2.24, 2.45) is 0 Å². The van der Waals surface area contributed by atoms with Crippen molar-refractivity contribution in [3.8, 4) is 0 Å². The highest BCUT2D eigenvalue weighted by atomic mass is 35.5. The summed E-state index contributed by atoms with van der Waals surface area (Å²) < 4.78 is 5.61. The number of rotatable bonds is 5. The van der Waals surface area contributed by atoms with Gasteiger partial charge in [-0.2, -0.15) is 0 Å². The van der Waals surface area contributed by atoms with Crippen LogP contribution in [0.5, 0.6) is 0 Å². The number of carbonyl (C=O) groups is 2. The van der Waals surface area contributed by atoms with Crippen molar-refractivity contribution in [2.45, 2.75) is 32.9 Å². The molecule has 2 heterocycles. The summed E-state index contributed by atoms with van der Waals surface area (Å²) in [7, 11) is 0. The molecular formula is C24H23Cl2N3O3. The Kier molecular flexibility index (Phi) is 6.65. The highest BCUT2D eigenvalue weighted by Crippen LogP contribution is 2.29. The van der Waals surface area contributed by atoms with Crippen LogP contribution in [0.4, 0.5) is 5.69 Å². The van der Waals surface area contributed by atoms with Gasteiger partial charge in [-0.05, 0) is 37.7 Å². The Balaban J connectivity index is 1.60. The maximum atomic E-state index is 13.3. The second-order valence-electron chi connectivity index (χ2n) is 7.71. The van der Waals surface area contributed by atoms with Crippen LogP contribution in [0, 0.1) is 0 Å². The van der Waals surface area contributed by atoms with Gasteiger partial charge in [0, 0.05) is 41.8 Å². The molecule has 0 fully saturated rings. The van der Waals surface area contributed by atoms with Gasteiger partial charge in [0.25, 0.3) is 5.91 Å². The van der Waals surface area contributed by atoms with Crippen molar-refractivity contribution >= 4 is 51.7 Å². The van der Waals surface area contributed by atoms with Gasteiger partial charge in [0.1, 0.15) is 0 Å². The van der Waals surface area contributed by atoms with Gasteiger partial charge in [-0.1, -0.05) is 48.3 Å². The molecule has 1 unspecified atom stereocenters. The van der Waals surface area contributed by atoms with E-state index in [4.69, 9.17) is 32.9 Å². The van der Waals surface area contributed by atoms with Gasteiger partial charge in [0.15, 0.2) is 6.10 Å². The molecule has 32 heavy (non-hydrogen) atoms. The van der Waals surface area contributed by atoms with Gasteiger partial charge in [-0.25, -0.2) is 4.79 Å². The van der Waals surface area contributed by atoms with E-state index >= 15 is 0 Å². The molecule has 3 aromatic rings. The number of esters is 1. The summed E-state index contributed by atoms with van der Waals surface area (Å²) in [5, 5.41) is 4.14. The number of anilines is 1. The number of ether oxygens (including phenoxy) is 1. The van der Waals surface area contributed by atoms with Crippen LogP contribution in [0.1, 0.15) is 35.5 Å². The molecule has 1 aliphatic rings. The maximum Gasteiger partial charge on any atom is 0.339 e. The molecule has 4 rings (SSSR count). The predicted octanol–water partition coefficient (Wildman–Crippen LogP) is 5.10. The second kappa shape index (κ2) is 9.45. The standard InChI is InChI=1S/C24H23Cl2N3O3/c1-3-29-11-10-21-17(13-29)22(16-6-4-5-7-20(16)28-21)24(31)32-14(2)23(30)27-15-8-9-18(25)19(26)12-15/h4-9,12,14H,3,10-11,13H2,1-2H3,(H,27,30). The molecule has 6 nitrogen and oxygen atoms in total. The minimum atomic E-state index is -1.01. The number of benzene rings is 2. The van der Waals surface area contributed by atoms with E-state index in [9.17, 15) is 9.59 Å². The number of halogens is 2. The van der Waals surface area contributed by atoms with Crippen LogP contribution in [0.2, 0.25) is 10.0 Å². The number of amides is 1.